The van der Waals surface area contributed by atoms with Crippen molar-refractivity contribution in [2.24, 2.45) is 0 Å². The molecule has 0 aromatic heterocycles. The lowest BCUT2D eigenvalue weighted by Crippen LogP contribution is -2.45. The SMILES string of the molecule is CCOC(C)(OCC)C(C)OP1(=O)CC(c2cc(N(CCCl)CCCl)ccc2C)CN1C(=O)OC(C)(C)C. The van der Waals surface area contributed by atoms with Gasteiger partial charge in [0.15, 0.2) is 5.79 Å². The molecule has 0 spiro atoms. The van der Waals surface area contributed by atoms with Gasteiger partial charge < -0.3 is 23.6 Å². The van der Waals surface area contributed by atoms with Crippen LogP contribution in [-0.4, -0.2) is 79.0 Å². The first-order valence-electron chi connectivity index (χ1n) is 13.3. The van der Waals surface area contributed by atoms with Crippen LogP contribution in [0, 0.1) is 6.92 Å². The van der Waals surface area contributed by atoms with Crippen LogP contribution in [0.25, 0.3) is 0 Å². The van der Waals surface area contributed by atoms with Gasteiger partial charge in [-0.15, -0.1) is 23.2 Å². The predicted molar refractivity (Wildman–Crippen MR) is 155 cm³/mol. The Morgan fingerprint density at radius 3 is 2.21 bits per heavy atom. The van der Waals surface area contributed by atoms with E-state index < -0.39 is 31.1 Å². The van der Waals surface area contributed by atoms with Crippen molar-refractivity contribution in [3.63, 3.8) is 0 Å². The molecular weight excluding hydrogens is 550 g/mol. The lowest BCUT2D eigenvalue weighted by Gasteiger charge is -2.37. The van der Waals surface area contributed by atoms with Crippen molar-refractivity contribution in [3.8, 4) is 0 Å². The molecule has 1 heterocycles. The summed E-state index contributed by atoms with van der Waals surface area (Å²) in [4.78, 5) is 15.4. The number of halogens is 2. The number of benzene rings is 1. The number of carbonyl (C=O) groups excluding carboxylic acids is 1. The monoisotopic (exact) mass is 594 g/mol. The Bertz CT molecular complexity index is 961. The quantitative estimate of drug-likeness (QED) is 0.138. The second-order valence-corrected chi connectivity index (χ2v) is 13.7. The second kappa shape index (κ2) is 14.0. The maximum Gasteiger partial charge on any atom is 0.417 e. The summed E-state index contributed by atoms with van der Waals surface area (Å²) >= 11 is 12.1. The highest BCUT2D eigenvalue weighted by atomic mass is 35.5. The number of hydrogen-bond donors (Lipinski definition) is 0. The summed E-state index contributed by atoms with van der Waals surface area (Å²) in [7, 11) is -3.69. The zero-order chi connectivity index (χ0) is 28.7. The molecule has 3 atom stereocenters. The largest absolute Gasteiger partial charge is 0.443 e. The van der Waals surface area contributed by atoms with E-state index in [1.54, 1.807) is 34.6 Å². The number of alkyl halides is 2. The topological polar surface area (TPSA) is 77.5 Å². The summed E-state index contributed by atoms with van der Waals surface area (Å²) in [5.74, 6) is -0.414. The fourth-order valence-electron chi connectivity index (χ4n) is 4.61. The minimum Gasteiger partial charge on any atom is -0.443 e. The molecule has 0 aliphatic carbocycles. The van der Waals surface area contributed by atoms with Crippen molar-refractivity contribution in [2.75, 3.05) is 55.7 Å². The van der Waals surface area contributed by atoms with Crippen LogP contribution < -0.4 is 4.90 Å². The molecule has 1 aliphatic rings. The van der Waals surface area contributed by atoms with Gasteiger partial charge in [0, 0.05) is 56.2 Å². The molecule has 0 radical (unpaired) electrons. The lowest BCUT2D eigenvalue weighted by atomic mass is 9.95. The molecule has 1 saturated heterocycles. The minimum absolute atomic E-state index is 0.153. The minimum atomic E-state index is -3.69. The van der Waals surface area contributed by atoms with Gasteiger partial charge in [-0.25, -0.2) is 9.46 Å². The van der Waals surface area contributed by atoms with E-state index >= 15 is 0 Å². The Morgan fingerprint density at radius 1 is 1.13 bits per heavy atom. The van der Waals surface area contributed by atoms with Gasteiger partial charge in [0.1, 0.15) is 11.7 Å². The molecule has 1 fully saturated rings. The normalized spacial score (nSPS) is 21.0. The van der Waals surface area contributed by atoms with Gasteiger partial charge in [-0.1, -0.05) is 6.07 Å². The average Bonchev–Trinajstić information content (AvgIpc) is 3.15. The number of nitrogens with zero attached hydrogens (tertiary/aromatic N) is 2. The molecule has 11 heteroatoms. The first-order chi connectivity index (χ1) is 17.7. The third-order valence-corrected chi connectivity index (χ3v) is 9.46. The number of rotatable bonds is 13. The molecule has 218 valence electrons. The van der Waals surface area contributed by atoms with Crippen molar-refractivity contribution in [1.82, 2.24) is 4.67 Å². The zero-order valence-electron chi connectivity index (χ0n) is 24.1. The standard InChI is InChI=1S/C27H45Cl2N2O6P/c1-9-34-27(8,35-10-2)21(4)37-38(33)19-22(18-31(38)25(32)36-26(5,6)7)24-17-23(12-11-20(24)3)30(15-13-28)16-14-29/h11-12,17,21-22H,9-10,13-16,18-19H2,1-8H3. The average molecular weight is 596 g/mol. The highest BCUT2D eigenvalue weighted by molar-refractivity contribution is 7.57. The molecule has 8 nitrogen and oxygen atoms in total. The molecule has 0 bridgehead atoms. The Hall–Kier alpha value is -1.02. The lowest BCUT2D eigenvalue weighted by molar-refractivity contribution is -0.259. The van der Waals surface area contributed by atoms with E-state index in [1.807, 2.05) is 32.9 Å². The highest BCUT2D eigenvalue weighted by Gasteiger charge is 2.51. The summed E-state index contributed by atoms with van der Waals surface area (Å²) in [6.45, 7) is 16.9. The molecule has 1 aliphatic heterocycles. The van der Waals surface area contributed by atoms with Crippen LogP contribution in [0.4, 0.5) is 10.5 Å². The van der Waals surface area contributed by atoms with Crippen molar-refractivity contribution in [1.29, 1.82) is 0 Å². The molecule has 0 saturated carbocycles. The molecule has 1 aromatic rings. The van der Waals surface area contributed by atoms with Crippen LogP contribution in [0.5, 0.6) is 0 Å². The number of aryl methyl sites for hydroxylation is 1. The van der Waals surface area contributed by atoms with Crippen LogP contribution >= 0.6 is 30.7 Å². The van der Waals surface area contributed by atoms with Gasteiger partial charge in [0.05, 0.1) is 6.16 Å². The second-order valence-electron chi connectivity index (χ2n) is 10.6. The van der Waals surface area contributed by atoms with Crippen LogP contribution in [0.15, 0.2) is 18.2 Å². The molecule has 3 unspecified atom stereocenters. The van der Waals surface area contributed by atoms with E-state index in [0.717, 1.165) is 16.8 Å². The first-order valence-corrected chi connectivity index (χ1v) is 16.1. The number of anilines is 1. The van der Waals surface area contributed by atoms with Gasteiger partial charge in [0.2, 0.25) is 0 Å². The van der Waals surface area contributed by atoms with E-state index in [-0.39, 0.29) is 18.6 Å². The maximum atomic E-state index is 14.5. The van der Waals surface area contributed by atoms with Crippen LogP contribution in [0.1, 0.15) is 65.5 Å². The number of ether oxygens (including phenoxy) is 3. The third kappa shape index (κ3) is 8.49. The number of hydrogen-bond acceptors (Lipinski definition) is 7. The fourth-order valence-corrected chi connectivity index (χ4v) is 7.70. The number of amides is 1. The molecule has 1 aromatic carbocycles. The summed E-state index contributed by atoms with van der Waals surface area (Å²) in [6.07, 6.45) is -1.22. The highest BCUT2D eigenvalue weighted by Crippen LogP contribution is 2.61. The summed E-state index contributed by atoms with van der Waals surface area (Å²) in [5.41, 5.74) is 2.26. The van der Waals surface area contributed by atoms with Crippen molar-refractivity contribution in [2.45, 2.75) is 78.8 Å². The van der Waals surface area contributed by atoms with Gasteiger partial charge in [0.25, 0.3) is 0 Å². The van der Waals surface area contributed by atoms with E-state index in [0.29, 0.717) is 38.1 Å². The third-order valence-electron chi connectivity index (χ3n) is 6.52. The van der Waals surface area contributed by atoms with E-state index in [9.17, 15) is 9.36 Å². The van der Waals surface area contributed by atoms with Gasteiger partial charge in [-0.2, -0.15) is 0 Å². The Labute approximate surface area is 238 Å². The molecule has 0 N–H and O–H groups in total. The van der Waals surface area contributed by atoms with E-state index in [2.05, 4.69) is 11.0 Å². The Balaban J connectivity index is 2.47. The van der Waals surface area contributed by atoms with Crippen LogP contribution in [-0.2, 0) is 23.3 Å². The predicted octanol–water partition coefficient (Wildman–Crippen LogP) is 7.00. The van der Waals surface area contributed by atoms with Crippen molar-refractivity contribution >= 4 is 42.5 Å². The van der Waals surface area contributed by atoms with Gasteiger partial charge >= 0.3 is 13.6 Å². The molecular formula is C27H45Cl2N2O6P. The van der Waals surface area contributed by atoms with Crippen LogP contribution in [0.3, 0.4) is 0 Å². The molecule has 1 amide bonds. The van der Waals surface area contributed by atoms with E-state index in [4.69, 9.17) is 41.9 Å². The first kappa shape index (κ1) is 33.2. The molecule has 2 rings (SSSR count). The van der Waals surface area contributed by atoms with Crippen molar-refractivity contribution in [3.05, 3.63) is 29.3 Å². The summed E-state index contributed by atoms with van der Waals surface area (Å²) in [6, 6.07) is 6.15. The maximum absolute atomic E-state index is 14.5. The Kier molecular flexibility index (Phi) is 12.3. The number of carbonyl (C=O) groups is 1. The van der Waals surface area contributed by atoms with Gasteiger partial charge in [-0.05, 0) is 78.6 Å². The smallest absolute Gasteiger partial charge is 0.417 e. The van der Waals surface area contributed by atoms with Gasteiger partial charge in [-0.3, -0.25) is 4.57 Å². The fraction of sp³-hybridized carbons (Fsp3) is 0.741. The van der Waals surface area contributed by atoms with E-state index in [1.165, 1.54) is 4.67 Å². The summed E-state index contributed by atoms with van der Waals surface area (Å²) in [5, 5.41) is 0. The van der Waals surface area contributed by atoms with Crippen molar-refractivity contribution < 1.29 is 28.1 Å². The Morgan fingerprint density at radius 2 is 1.71 bits per heavy atom. The molecule has 38 heavy (non-hydrogen) atoms. The summed E-state index contributed by atoms with van der Waals surface area (Å²) < 4.78 is 39.4. The zero-order valence-corrected chi connectivity index (χ0v) is 26.5. The van der Waals surface area contributed by atoms with Crippen LogP contribution in [0.2, 0.25) is 0 Å².